The third-order valence-corrected chi connectivity index (χ3v) is 4.71. The molecule has 0 aromatic rings. The molecule has 22 heavy (non-hydrogen) atoms. The minimum absolute atomic E-state index is 0.0581. The van der Waals surface area contributed by atoms with Crippen molar-refractivity contribution in [2.45, 2.75) is 39.5 Å². The highest BCUT2D eigenvalue weighted by Gasteiger charge is 2.42. The summed E-state index contributed by atoms with van der Waals surface area (Å²) in [5.74, 6) is -0.176. The molecule has 2 rings (SSSR count). The van der Waals surface area contributed by atoms with E-state index in [2.05, 4.69) is 0 Å². The van der Waals surface area contributed by atoms with Crippen LogP contribution in [0.3, 0.4) is 0 Å². The quantitative estimate of drug-likeness (QED) is 0.570. The van der Waals surface area contributed by atoms with Crippen molar-refractivity contribution >= 4 is 18.2 Å². The molecule has 2 aliphatic heterocycles. The fraction of sp³-hybridized carbons (Fsp3) is 0.812. The van der Waals surface area contributed by atoms with Gasteiger partial charge in [-0.15, -0.1) is 0 Å². The molecule has 0 unspecified atom stereocenters. The molecule has 2 heterocycles. The second-order valence-corrected chi connectivity index (χ2v) is 6.76. The molecule has 0 radical (unpaired) electrons. The molecule has 3 amide bonds. The van der Waals surface area contributed by atoms with Gasteiger partial charge in [0, 0.05) is 39.3 Å². The summed E-state index contributed by atoms with van der Waals surface area (Å²) < 4.78 is 0. The topological polar surface area (TPSA) is 60.9 Å². The Kier molecular flexibility index (Phi) is 5.42. The molecule has 0 aliphatic carbocycles. The third kappa shape index (κ3) is 3.59. The molecule has 0 bridgehead atoms. The number of carbonyl (C=O) groups excluding carboxylic acids is 3. The van der Waals surface area contributed by atoms with Crippen molar-refractivity contribution in [1.82, 2.24) is 14.7 Å². The second-order valence-electron chi connectivity index (χ2n) is 6.76. The van der Waals surface area contributed by atoms with Crippen LogP contribution in [0.25, 0.3) is 0 Å². The Bertz CT molecular complexity index is 420. The van der Waals surface area contributed by atoms with E-state index < -0.39 is 5.41 Å². The van der Waals surface area contributed by atoms with Crippen LogP contribution >= 0.6 is 0 Å². The van der Waals surface area contributed by atoms with Crippen LogP contribution in [-0.2, 0) is 14.4 Å². The molecule has 0 N–H and O–H groups in total. The lowest BCUT2D eigenvalue weighted by Crippen LogP contribution is -2.55. The Hall–Kier alpha value is -1.59. The number of piperazine rings is 1. The highest BCUT2D eigenvalue weighted by Crippen LogP contribution is 2.25. The number of nitrogens with zero attached hydrogens (tertiary/aromatic N) is 3. The van der Waals surface area contributed by atoms with Gasteiger partial charge in [0.25, 0.3) is 0 Å². The molecule has 2 aliphatic rings. The molecule has 0 atom stereocenters. The summed E-state index contributed by atoms with van der Waals surface area (Å²) in [5.41, 5.74) is -1.02. The minimum Gasteiger partial charge on any atom is -0.342 e. The first kappa shape index (κ1) is 16.8. The van der Waals surface area contributed by atoms with Crippen molar-refractivity contribution in [3.8, 4) is 0 Å². The molecule has 0 saturated carbocycles. The van der Waals surface area contributed by atoms with E-state index in [0.29, 0.717) is 26.2 Å². The molecule has 0 spiro atoms. The molecular weight excluding hydrogens is 282 g/mol. The number of hydrogen-bond acceptors (Lipinski definition) is 3. The van der Waals surface area contributed by atoms with Crippen molar-refractivity contribution in [3.63, 3.8) is 0 Å². The maximum absolute atomic E-state index is 12.8. The number of hydrogen-bond donors (Lipinski definition) is 0. The van der Waals surface area contributed by atoms with Crippen LogP contribution in [0, 0.1) is 5.41 Å². The van der Waals surface area contributed by atoms with Gasteiger partial charge in [0.1, 0.15) is 5.41 Å². The average Bonchev–Trinajstić information content (AvgIpc) is 2.82. The van der Waals surface area contributed by atoms with Crippen LogP contribution in [-0.4, -0.2) is 72.2 Å². The number of likely N-dealkylation sites (tertiary alicyclic amines) is 1. The zero-order valence-corrected chi connectivity index (χ0v) is 13.7. The predicted octanol–water partition coefficient (Wildman–Crippen LogP) is 0.716. The van der Waals surface area contributed by atoms with Gasteiger partial charge in [-0.2, -0.15) is 0 Å². The molecule has 0 aromatic heterocycles. The van der Waals surface area contributed by atoms with E-state index in [4.69, 9.17) is 0 Å². The zero-order valence-electron chi connectivity index (χ0n) is 13.7. The Morgan fingerprint density at radius 3 is 1.68 bits per heavy atom. The standard InChI is InChI=1S/C16H27N3O3/c1-16(2,14(21)18-7-5-3-4-6-8-18)15(22)19-11-9-17(13-20)10-12-19/h13H,3-12H2,1-2H3. The van der Waals surface area contributed by atoms with E-state index in [1.807, 2.05) is 4.90 Å². The van der Waals surface area contributed by atoms with Crippen LogP contribution in [0.1, 0.15) is 39.5 Å². The molecule has 6 nitrogen and oxygen atoms in total. The molecule has 6 heteroatoms. The third-order valence-electron chi connectivity index (χ3n) is 4.71. The van der Waals surface area contributed by atoms with Gasteiger partial charge in [-0.25, -0.2) is 0 Å². The Labute approximate surface area is 132 Å². The van der Waals surface area contributed by atoms with Gasteiger partial charge < -0.3 is 14.7 Å². The highest BCUT2D eigenvalue weighted by atomic mass is 16.2. The summed E-state index contributed by atoms with van der Waals surface area (Å²) in [6.45, 7) is 7.08. The van der Waals surface area contributed by atoms with Gasteiger partial charge in [0.15, 0.2) is 0 Å². The first-order valence-electron chi connectivity index (χ1n) is 8.25. The monoisotopic (exact) mass is 309 g/mol. The van der Waals surface area contributed by atoms with Gasteiger partial charge in [0.2, 0.25) is 18.2 Å². The van der Waals surface area contributed by atoms with Gasteiger partial charge in [0.05, 0.1) is 0 Å². The van der Waals surface area contributed by atoms with E-state index >= 15 is 0 Å². The number of carbonyl (C=O) groups is 3. The highest BCUT2D eigenvalue weighted by molar-refractivity contribution is 6.04. The SMILES string of the molecule is CC(C)(C(=O)N1CCCCCC1)C(=O)N1CCN(C=O)CC1. The van der Waals surface area contributed by atoms with E-state index in [-0.39, 0.29) is 11.8 Å². The first-order chi connectivity index (χ1) is 10.5. The van der Waals surface area contributed by atoms with Crippen LogP contribution in [0.4, 0.5) is 0 Å². The molecule has 2 fully saturated rings. The maximum Gasteiger partial charge on any atom is 0.237 e. The summed E-state index contributed by atoms with van der Waals surface area (Å²) in [6.07, 6.45) is 5.18. The predicted molar refractivity (Wildman–Crippen MR) is 83.0 cm³/mol. The fourth-order valence-corrected chi connectivity index (χ4v) is 3.19. The second kappa shape index (κ2) is 7.11. The Morgan fingerprint density at radius 2 is 1.23 bits per heavy atom. The van der Waals surface area contributed by atoms with E-state index in [9.17, 15) is 14.4 Å². The lowest BCUT2D eigenvalue weighted by molar-refractivity contribution is -0.155. The molecule has 2 saturated heterocycles. The zero-order chi connectivity index (χ0) is 16.2. The summed E-state index contributed by atoms with van der Waals surface area (Å²) >= 11 is 0. The van der Waals surface area contributed by atoms with Crippen LogP contribution < -0.4 is 0 Å². The van der Waals surface area contributed by atoms with Gasteiger partial charge in [-0.3, -0.25) is 14.4 Å². The Balaban J connectivity index is 2.00. The molecule has 0 aromatic carbocycles. The van der Waals surface area contributed by atoms with Crippen molar-refractivity contribution < 1.29 is 14.4 Å². The van der Waals surface area contributed by atoms with E-state index in [0.717, 1.165) is 45.2 Å². The fourth-order valence-electron chi connectivity index (χ4n) is 3.19. The largest absolute Gasteiger partial charge is 0.342 e. The molecule has 124 valence electrons. The first-order valence-corrected chi connectivity index (χ1v) is 8.25. The summed E-state index contributed by atoms with van der Waals surface area (Å²) in [4.78, 5) is 41.5. The van der Waals surface area contributed by atoms with Gasteiger partial charge in [-0.1, -0.05) is 12.8 Å². The number of amides is 3. The summed E-state index contributed by atoms with van der Waals surface area (Å²) in [7, 11) is 0. The lowest BCUT2D eigenvalue weighted by atomic mass is 9.89. The summed E-state index contributed by atoms with van der Waals surface area (Å²) in [5, 5.41) is 0. The van der Waals surface area contributed by atoms with E-state index in [1.54, 1.807) is 23.6 Å². The normalized spacial score (nSPS) is 20.5. The van der Waals surface area contributed by atoms with Crippen molar-refractivity contribution in [3.05, 3.63) is 0 Å². The van der Waals surface area contributed by atoms with Crippen molar-refractivity contribution in [1.29, 1.82) is 0 Å². The minimum atomic E-state index is -1.02. The van der Waals surface area contributed by atoms with Crippen LogP contribution in [0.15, 0.2) is 0 Å². The average molecular weight is 309 g/mol. The summed E-state index contributed by atoms with van der Waals surface area (Å²) in [6, 6.07) is 0. The smallest absolute Gasteiger partial charge is 0.237 e. The number of rotatable bonds is 3. The van der Waals surface area contributed by atoms with Crippen LogP contribution in [0.2, 0.25) is 0 Å². The maximum atomic E-state index is 12.8. The van der Waals surface area contributed by atoms with Gasteiger partial charge >= 0.3 is 0 Å². The molecular formula is C16H27N3O3. The van der Waals surface area contributed by atoms with Gasteiger partial charge in [-0.05, 0) is 26.7 Å². The van der Waals surface area contributed by atoms with Crippen molar-refractivity contribution in [2.75, 3.05) is 39.3 Å². The Morgan fingerprint density at radius 1 is 0.773 bits per heavy atom. The van der Waals surface area contributed by atoms with E-state index in [1.165, 1.54) is 0 Å². The van der Waals surface area contributed by atoms with Crippen molar-refractivity contribution in [2.24, 2.45) is 5.41 Å². The van der Waals surface area contributed by atoms with Crippen LogP contribution in [0.5, 0.6) is 0 Å². The lowest BCUT2D eigenvalue weighted by Gasteiger charge is -2.38.